The van der Waals surface area contributed by atoms with Crippen LogP contribution in [0.25, 0.3) is 16.7 Å². The van der Waals surface area contributed by atoms with E-state index in [0.29, 0.717) is 16.7 Å². The van der Waals surface area contributed by atoms with Crippen molar-refractivity contribution in [2.24, 2.45) is 0 Å². The van der Waals surface area contributed by atoms with E-state index in [4.69, 9.17) is 37.8 Å². The van der Waals surface area contributed by atoms with Crippen LogP contribution in [0.15, 0.2) is 65.1 Å². The van der Waals surface area contributed by atoms with Crippen LogP contribution in [0.1, 0.15) is 27.2 Å². The van der Waals surface area contributed by atoms with Gasteiger partial charge in [0.15, 0.2) is 5.82 Å². The number of aromatic nitrogens is 3. The molecule has 2 unspecified atom stereocenters. The summed E-state index contributed by atoms with van der Waals surface area (Å²) in [7, 11) is -4.16. The number of nitrogens with zero attached hydrogens (tertiary/aromatic N) is 4. The van der Waals surface area contributed by atoms with E-state index in [-0.39, 0.29) is 34.7 Å². The van der Waals surface area contributed by atoms with Gasteiger partial charge in [-0.1, -0.05) is 23.2 Å². The highest BCUT2D eigenvalue weighted by Crippen LogP contribution is 2.33. The first kappa shape index (κ1) is 30.8. The Morgan fingerprint density at radius 2 is 1.98 bits per heavy atom. The number of fused-ring (bicyclic) bond motifs is 1. The second-order valence-electron chi connectivity index (χ2n) is 10.3. The number of rotatable bonds is 10. The molecule has 1 aromatic carbocycles. The Balaban J connectivity index is 1.66. The highest BCUT2D eigenvalue weighted by Gasteiger charge is 2.35. The van der Waals surface area contributed by atoms with Gasteiger partial charge in [-0.2, -0.15) is 0 Å². The SMILES string of the molecule is CC(C)(C)OC(=O)CN(c1ccc2c(ccn2-c2cnc(OCC(O)CO)cn2)c1)S(=O)(=O)C1C=C(Cl)C=C(Cl)C1. The molecule has 2 heterocycles. The molecule has 0 saturated carbocycles. The topological polar surface area (TPSA) is 144 Å². The predicted octanol–water partition coefficient (Wildman–Crippen LogP) is 3.65. The van der Waals surface area contributed by atoms with Crippen LogP contribution >= 0.6 is 23.2 Å². The van der Waals surface area contributed by atoms with Gasteiger partial charge in [-0.05, 0) is 57.2 Å². The quantitative estimate of drug-likeness (QED) is 0.323. The van der Waals surface area contributed by atoms with Crippen molar-refractivity contribution >= 4 is 55.8 Å². The summed E-state index contributed by atoms with van der Waals surface area (Å²) in [6.45, 7) is 3.99. The highest BCUT2D eigenvalue weighted by atomic mass is 35.5. The number of sulfonamides is 1. The number of hydrogen-bond acceptors (Lipinski definition) is 9. The zero-order chi connectivity index (χ0) is 29.9. The minimum atomic E-state index is -4.16. The Morgan fingerprint density at radius 1 is 1.22 bits per heavy atom. The fourth-order valence-corrected chi connectivity index (χ4v) is 6.60. The monoisotopic (exact) mass is 624 g/mol. The zero-order valence-electron chi connectivity index (χ0n) is 22.6. The number of carbonyl (C=O) groups is 1. The summed E-state index contributed by atoms with van der Waals surface area (Å²) in [6.07, 6.45) is 6.48. The lowest BCUT2D eigenvalue weighted by atomic mass is 10.2. The average Bonchev–Trinajstić information content (AvgIpc) is 3.32. The molecule has 1 aliphatic rings. The summed E-state index contributed by atoms with van der Waals surface area (Å²) in [5.41, 5.74) is 0.149. The van der Waals surface area contributed by atoms with Gasteiger partial charge in [0.05, 0.1) is 30.2 Å². The molecule has 0 saturated heterocycles. The minimum absolute atomic E-state index is 0.0148. The summed E-state index contributed by atoms with van der Waals surface area (Å²) in [6, 6.07) is 6.73. The molecular formula is C27H30Cl2N4O7S. The maximum Gasteiger partial charge on any atom is 0.327 e. The van der Waals surface area contributed by atoms with Crippen molar-refractivity contribution in [3.05, 3.63) is 65.1 Å². The zero-order valence-corrected chi connectivity index (χ0v) is 24.9. The van der Waals surface area contributed by atoms with Crippen molar-refractivity contribution in [3.63, 3.8) is 0 Å². The van der Waals surface area contributed by atoms with Crippen LogP contribution in [-0.4, -0.2) is 75.8 Å². The third kappa shape index (κ3) is 7.57. The summed E-state index contributed by atoms with van der Waals surface area (Å²) < 4.78 is 41.2. The first-order chi connectivity index (χ1) is 19.3. The summed E-state index contributed by atoms with van der Waals surface area (Å²) >= 11 is 12.3. The number of halogens is 2. The molecule has 2 atom stereocenters. The van der Waals surface area contributed by atoms with Gasteiger partial charge < -0.3 is 19.7 Å². The van der Waals surface area contributed by atoms with Gasteiger partial charge >= 0.3 is 5.97 Å². The Labute approximate surface area is 247 Å². The van der Waals surface area contributed by atoms with Crippen LogP contribution in [-0.2, 0) is 19.6 Å². The number of hydrogen-bond donors (Lipinski definition) is 2. The van der Waals surface area contributed by atoms with Gasteiger partial charge in [0.25, 0.3) is 0 Å². The van der Waals surface area contributed by atoms with E-state index in [1.807, 2.05) is 0 Å². The molecule has 11 nitrogen and oxygen atoms in total. The van der Waals surface area contributed by atoms with E-state index in [1.54, 1.807) is 55.8 Å². The molecule has 2 aromatic heterocycles. The summed E-state index contributed by atoms with van der Waals surface area (Å²) in [4.78, 5) is 21.3. The number of aliphatic hydroxyl groups excluding tert-OH is 2. The van der Waals surface area contributed by atoms with Crippen LogP contribution in [0, 0.1) is 0 Å². The smallest absolute Gasteiger partial charge is 0.327 e. The van der Waals surface area contributed by atoms with Crippen LogP contribution < -0.4 is 9.04 Å². The molecule has 41 heavy (non-hydrogen) atoms. The van der Waals surface area contributed by atoms with Crippen LogP contribution in [0.4, 0.5) is 5.69 Å². The fourth-order valence-electron chi connectivity index (χ4n) is 4.09. The lowest BCUT2D eigenvalue weighted by Crippen LogP contribution is -2.43. The molecule has 220 valence electrons. The Hall–Kier alpha value is -3.16. The van der Waals surface area contributed by atoms with E-state index in [0.717, 1.165) is 4.31 Å². The molecule has 0 fully saturated rings. The van der Waals surface area contributed by atoms with Crippen molar-refractivity contribution in [3.8, 4) is 11.7 Å². The number of allylic oxidation sites excluding steroid dienone is 3. The van der Waals surface area contributed by atoms with E-state index in [2.05, 4.69) is 9.97 Å². The fraction of sp³-hybridized carbons (Fsp3) is 0.370. The average molecular weight is 626 g/mol. The minimum Gasteiger partial charge on any atom is -0.474 e. The van der Waals surface area contributed by atoms with Crippen LogP contribution in [0.3, 0.4) is 0 Å². The molecule has 4 rings (SSSR count). The van der Waals surface area contributed by atoms with Crippen LogP contribution in [0.5, 0.6) is 5.88 Å². The van der Waals surface area contributed by atoms with E-state index in [9.17, 15) is 18.3 Å². The van der Waals surface area contributed by atoms with Gasteiger partial charge in [-0.3, -0.25) is 13.7 Å². The molecule has 3 aromatic rings. The number of carbonyl (C=O) groups excluding carboxylic acids is 1. The highest BCUT2D eigenvalue weighted by molar-refractivity contribution is 7.93. The molecule has 1 aliphatic carbocycles. The van der Waals surface area contributed by atoms with Gasteiger partial charge in [0.2, 0.25) is 15.9 Å². The molecule has 2 N–H and O–H groups in total. The van der Waals surface area contributed by atoms with Crippen molar-refractivity contribution in [2.75, 3.05) is 24.1 Å². The first-order valence-corrected chi connectivity index (χ1v) is 14.8. The van der Waals surface area contributed by atoms with E-state index in [1.165, 1.54) is 24.5 Å². The molecular weight excluding hydrogens is 595 g/mol. The van der Waals surface area contributed by atoms with Crippen LogP contribution in [0.2, 0.25) is 0 Å². The maximum atomic E-state index is 13.9. The largest absolute Gasteiger partial charge is 0.474 e. The second kappa shape index (κ2) is 12.4. The maximum absolute atomic E-state index is 13.9. The molecule has 0 spiro atoms. The normalized spacial score (nSPS) is 16.6. The van der Waals surface area contributed by atoms with Gasteiger partial charge in [0, 0.05) is 28.1 Å². The predicted molar refractivity (Wildman–Crippen MR) is 156 cm³/mol. The molecule has 0 bridgehead atoms. The Kier molecular flexibility index (Phi) is 9.29. The molecule has 0 amide bonds. The lowest BCUT2D eigenvalue weighted by Gasteiger charge is -2.30. The number of benzene rings is 1. The number of esters is 1. The summed E-state index contributed by atoms with van der Waals surface area (Å²) in [5.74, 6) is -0.0744. The van der Waals surface area contributed by atoms with E-state index >= 15 is 0 Å². The number of anilines is 1. The van der Waals surface area contributed by atoms with E-state index < -0.39 is 46.1 Å². The standard InChI is InChI=1S/C27H30Cl2N4O7S/c1-27(2,3)40-26(36)14-33(41(37,38)22-10-18(28)9-19(29)11-22)20-4-5-23-17(8-20)6-7-32(23)24-12-31-25(13-30-24)39-16-21(35)15-34/h4-10,12-13,21-22,34-35H,11,14-16H2,1-3H3. The Bertz CT molecular complexity index is 1580. The number of aliphatic hydroxyl groups is 2. The van der Waals surface area contributed by atoms with Crippen molar-refractivity contribution < 1.29 is 32.9 Å². The van der Waals surface area contributed by atoms with Gasteiger partial charge in [-0.25, -0.2) is 18.4 Å². The van der Waals surface area contributed by atoms with Crippen molar-refractivity contribution in [1.82, 2.24) is 14.5 Å². The molecule has 0 aliphatic heterocycles. The van der Waals surface area contributed by atoms with Gasteiger partial charge in [-0.15, -0.1) is 0 Å². The Morgan fingerprint density at radius 3 is 2.61 bits per heavy atom. The first-order valence-electron chi connectivity index (χ1n) is 12.6. The van der Waals surface area contributed by atoms with Crippen molar-refractivity contribution in [1.29, 1.82) is 0 Å². The second-order valence-corrected chi connectivity index (χ2v) is 13.3. The van der Waals surface area contributed by atoms with Crippen molar-refractivity contribution in [2.45, 2.75) is 44.1 Å². The lowest BCUT2D eigenvalue weighted by molar-refractivity contribution is -0.152. The summed E-state index contributed by atoms with van der Waals surface area (Å²) in [5, 5.41) is 18.4. The third-order valence-electron chi connectivity index (χ3n) is 5.88. The number of ether oxygens (including phenoxy) is 2. The third-order valence-corrected chi connectivity index (χ3v) is 8.40. The van der Waals surface area contributed by atoms with Gasteiger partial charge in [0.1, 0.15) is 30.1 Å². The molecule has 0 radical (unpaired) electrons. The molecule has 14 heteroatoms.